The fraction of sp³-hybridized carbons (Fsp3) is 0.857. The number of hydrogen-bond acceptors (Lipinski definition) is 6. The van der Waals surface area contributed by atoms with Crippen LogP contribution in [-0.4, -0.2) is 54.5 Å². The van der Waals surface area contributed by atoms with Crippen molar-refractivity contribution in [3.63, 3.8) is 0 Å². The zero-order valence-corrected chi connectivity index (χ0v) is 21.8. The van der Waals surface area contributed by atoms with Crippen LogP contribution in [0, 0.1) is 11.3 Å². The molecule has 3 N–H and O–H groups in total. The maximum absolute atomic E-state index is 11.9. The van der Waals surface area contributed by atoms with Crippen LogP contribution in [-0.2, 0) is 14.3 Å². The van der Waals surface area contributed by atoms with E-state index in [4.69, 9.17) is 14.9 Å². The summed E-state index contributed by atoms with van der Waals surface area (Å²) in [5.41, 5.74) is -1.15. The Balaban J connectivity index is -0.000000424. The minimum Gasteiger partial charge on any atom is -0.846 e. The second-order valence-corrected chi connectivity index (χ2v) is 6.83. The Morgan fingerprint density at radius 3 is 1.77 bits per heavy atom. The second kappa shape index (κ2) is 21.7. The minimum atomic E-state index is -1.15. The van der Waals surface area contributed by atoms with E-state index >= 15 is 0 Å². The van der Waals surface area contributed by atoms with Crippen molar-refractivity contribution in [1.82, 2.24) is 5.32 Å². The number of amides is 2. The molecule has 0 bridgehead atoms. The van der Waals surface area contributed by atoms with E-state index in [1.165, 1.54) is 25.7 Å². The molecule has 1 aliphatic heterocycles. The van der Waals surface area contributed by atoms with Gasteiger partial charge in [-0.05, 0) is 32.6 Å². The van der Waals surface area contributed by atoms with Crippen LogP contribution in [0.25, 0.3) is 0 Å². The molecule has 0 radical (unpaired) electrons. The smallest absolute Gasteiger partial charge is 0.846 e. The van der Waals surface area contributed by atoms with Gasteiger partial charge in [0, 0.05) is 13.2 Å². The molecule has 2 unspecified atom stereocenters. The molecule has 2 rings (SSSR count). The van der Waals surface area contributed by atoms with Gasteiger partial charge in [-0.25, -0.2) is 4.99 Å². The van der Waals surface area contributed by atoms with Gasteiger partial charge in [-0.15, -0.1) is 0 Å². The van der Waals surface area contributed by atoms with Gasteiger partial charge in [0.15, 0.2) is 0 Å². The van der Waals surface area contributed by atoms with Crippen LogP contribution in [0.3, 0.4) is 0 Å². The summed E-state index contributed by atoms with van der Waals surface area (Å²) >= 11 is 0. The first kappa shape index (κ1) is 34.1. The van der Waals surface area contributed by atoms with Crippen LogP contribution in [0.2, 0.25) is 0 Å². The third-order valence-corrected chi connectivity index (χ3v) is 4.84. The van der Waals surface area contributed by atoms with E-state index in [2.05, 4.69) is 10.3 Å². The normalized spacial score (nSPS) is 20.2. The van der Waals surface area contributed by atoms with Gasteiger partial charge in [0.2, 0.25) is 5.91 Å². The molecule has 2 aliphatic rings. The van der Waals surface area contributed by atoms with Crippen LogP contribution in [0.5, 0.6) is 0 Å². The van der Waals surface area contributed by atoms with Gasteiger partial charge in [0.05, 0.1) is 19.2 Å². The molecular formula is C21H41N2NaO6. The predicted octanol–water partition coefficient (Wildman–Crippen LogP) is -1.23. The van der Waals surface area contributed by atoms with Crippen LogP contribution in [0.1, 0.15) is 79.6 Å². The van der Waals surface area contributed by atoms with Gasteiger partial charge in [-0.2, -0.15) is 0 Å². The van der Waals surface area contributed by atoms with Crippen molar-refractivity contribution >= 4 is 17.8 Å². The summed E-state index contributed by atoms with van der Waals surface area (Å²) in [7, 11) is 0. The maximum Gasteiger partial charge on any atom is 1.00 e. The van der Waals surface area contributed by atoms with Crippen molar-refractivity contribution < 1.29 is 59.2 Å². The molecule has 2 atom stereocenters. The van der Waals surface area contributed by atoms with E-state index in [1.54, 1.807) is 6.92 Å². The number of carbonyl (C=O) groups is 2. The molecule has 0 saturated heterocycles. The number of amidine groups is 1. The molecule has 9 heteroatoms. The Labute approximate surface area is 204 Å². The third kappa shape index (κ3) is 13.0. The molecule has 172 valence electrons. The molecule has 2 amide bonds. The molecule has 1 aliphatic carbocycles. The standard InChI is InChI=1S/C11H18N2O3.C4H10O.C4H8.C2H6O2.Na/c1-4-6-7(3)11(5-2)8(14)12-10(16)13-9(11)15;1-3-5-4-2;1-2-4-3-1;3-1-2-4;/h7H,4-6H2,1-3H3,(H2,12,13,14,15,16);3-4H2,1-2H3;1-4H2;3-4H,1-2H2;/q;;;;+1/p-1. The average Bonchev–Trinajstić information content (AvgIpc) is 2.62. The first-order valence-electron chi connectivity index (χ1n) is 10.7. The third-order valence-electron chi connectivity index (χ3n) is 4.84. The predicted molar refractivity (Wildman–Crippen MR) is 112 cm³/mol. The van der Waals surface area contributed by atoms with Gasteiger partial charge < -0.3 is 25.4 Å². The Morgan fingerprint density at radius 1 is 1.07 bits per heavy atom. The fourth-order valence-electron chi connectivity index (χ4n) is 2.75. The van der Waals surface area contributed by atoms with Crippen LogP contribution in [0.15, 0.2) is 4.99 Å². The zero-order valence-electron chi connectivity index (χ0n) is 19.8. The van der Waals surface area contributed by atoms with Crippen LogP contribution < -0.4 is 40.0 Å². The van der Waals surface area contributed by atoms with Crippen molar-refractivity contribution in [2.24, 2.45) is 16.3 Å². The molecule has 1 heterocycles. The number of nitrogens with zero attached hydrogens (tertiary/aromatic N) is 1. The van der Waals surface area contributed by atoms with Crippen molar-refractivity contribution in [1.29, 1.82) is 0 Å². The minimum absolute atomic E-state index is 0. The molecule has 0 aromatic carbocycles. The molecule has 8 nitrogen and oxygen atoms in total. The number of aliphatic imine (C=N–C) groups is 1. The molecule has 0 aromatic rings. The number of rotatable bonds is 7. The van der Waals surface area contributed by atoms with E-state index in [-0.39, 0.29) is 48.7 Å². The summed E-state index contributed by atoms with van der Waals surface area (Å²) in [4.78, 5) is 27.1. The number of nitrogens with one attached hydrogen (secondary N) is 1. The van der Waals surface area contributed by atoms with E-state index in [1.807, 2.05) is 27.7 Å². The zero-order chi connectivity index (χ0) is 22.7. The largest absolute Gasteiger partial charge is 1.00 e. The van der Waals surface area contributed by atoms with E-state index in [0.717, 1.165) is 26.1 Å². The number of hydrogen-bond donors (Lipinski definition) is 3. The number of aliphatic hydroxyl groups excluding tert-OH is 2. The van der Waals surface area contributed by atoms with E-state index in [0.29, 0.717) is 6.42 Å². The fourth-order valence-corrected chi connectivity index (χ4v) is 2.75. The average molecular weight is 441 g/mol. The quantitative estimate of drug-likeness (QED) is 0.336. The molecule has 1 saturated carbocycles. The van der Waals surface area contributed by atoms with Crippen LogP contribution >= 0.6 is 0 Å². The number of carbonyl (C=O) groups excluding carboxylic acids is 2. The Hall–Kier alpha value is -0.510. The summed E-state index contributed by atoms with van der Waals surface area (Å²) < 4.78 is 4.83. The van der Waals surface area contributed by atoms with Gasteiger partial charge in [0.1, 0.15) is 5.41 Å². The second-order valence-electron chi connectivity index (χ2n) is 6.83. The van der Waals surface area contributed by atoms with Crippen molar-refractivity contribution in [3.8, 4) is 0 Å². The number of aliphatic hydroxyl groups is 2. The Bertz CT molecular complexity index is 464. The Morgan fingerprint density at radius 2 is 1.53 bits per heavy atom. The summed E-state index contributed by atoms with van der Waals surface area (Å²) in [5, 5.41) is 28.3. The summed E-state index contributed by atoms with van der Waals surface area (Å²) in [6, 6.07) is -0.845. The monoisotopic (exact) mass is 440 g/mol. The van der Waals surface area contributed by atoms with Gasteiger partial charge in [-0.1, -0.05) is 52.9 Å². The molecular weight excluding hydrogens is 399 g/mol. The summed E-state index contributed by atoms with van der Waals surface area (Å²) in [6.07, 6.45) is 8.02. The molecule has 1 fully saturated rings. The summed E-state index contributed by atoms with van der Waals surface area (Å²) in [5.74, 6) is -1.20. The SMILES string of the molecule is C1CCC1.CCCC(C)C1(CC)C(=O)N=C([O-])NC1=O.CCOCC.OCCO.[Na+]. The van der Waals surface area contributed by atoms with Crippen molar-refractivity contribution in [2.75, 3.05) is 26.4 Å². The van der Waals surface area contributed by atoms with Gasteiger partial charge >= 0.3 is 29.6 Å². The van der Waals surface area contributed by atoms with Crippen molar-refractivity contribution in [3.05, 3.63) is 0 Å². The molecule has 0 spiro atoms. The topological polar surface area (TPSA) is 131 Å². The summed E-state index contributed by atoms with van der Waals surface area (Å²) in [6.45, 7) is 11.0. The first-order chi connectivity index (χ1) is 13.8. The maximum atomic E-state index is 11.9. The van der Waals surface area contributed by atoms with E-state index < -0.39 is 23.3 Å². The van der Waals surface area contributed by atoms with E-state index in [9.17, 15) is 14.7 Å². The van der Waals surface area contributed by atoms with Crippen LogP contribution in [0.4, 0.5) is 0 Å². The Kier molecular flexibility index (Phi) is 24.7. The van der Waals surface area contributed by atoms with Gasteiger partial charge in [-0.3, -0.25) is 9.59 Å². The number of ether oxygens (including phenoxy) is 1. The van der Waals surface area contributed by atoms with Gasteiger partial charge in [0.25, 0.3) is 5.91 Å². The molecule has 0 aromatic heterocycles. The molecule has 30 heavy (non-hydrogen) atoms. The first-order valence-corrected chi connectivity index (χ1v) is 10.7. The van der Waals surface area contributed by atoms with Crippen molar-refractivity contribution in [2.45, 2.75) is 79.6 Å².